The lowest BCUT2D eigenvalue weighted by Crippen LogP contribution is -3.08. The van der Waals surface area contributed by atoms with E-state index in [0.717, 1.165) is 27.5 Å². The molecule has 1 unspecified atom stereocenters. The number of rotatable bonds is 6. The van der Waals surface area contributed by atoms with Gasteiger partial charge in [0.2, 0.25) is 0 Å². The number of hydrogen-bond donors (Lipinski definition) is 2. The quantitative estimate of drug-likeness (QED) is 0.693. The zero-order chi connectivity index (χ0) is 20.1. The monoisotopic (exact) mass is 374 g/mol. The molecule has 1 atom stereocenters. The molecule has 0 saturated carbocycles. The average Bonchev–Trinajstić information content (AvgIpc) is 2.97. The van der Waals surface area contributed by atoms with Crippen molar-refractivity contribution in [2.75, 3.05) is 18.9 Å². The van der Waals surface area contributed by atoms with Crippen LogP contribution in [-0.4, -0.2) is 29.3 Å². The van der Waals surface area contributed by atoms with Gasteiger partial charge >= 0.3 is 0 Å². The summed E-state index contributed by atoms with van der Waals surface area (Å²) in [6.45, 7) is 5.05. The first-order chi connectivity index (χ1) is 13.5. The van der Waals surface area contributed by atoms with Crippen LogP contribution in [0.3, 0.4) is 0 Å². The molecule has 0 bridgehead atoms. The number of aromatic nitrogens is 2. The summed E-state index contributed by atoms with van der Waals surface area (Å²) in [5, 5.41) is 16.7. The second-order valence-corrected chi connectivity index (χ2v) is 6.91. The predicted molar refractivity (Wildman–Crippen MR) is 108 cm³/mol. The summed E-state index contributed by atoms with van der Waals surface area (Å²) in [6.07, 6.45) is 0. The number of nitrogens with zero attached hydrogens (tertiary/aromatic N) is 3. The summed E-state index contributed by atoms with van der Waals surface area (Å²) >= 11 is 0. The first-order valence-electron chi connectivity index (χ1n) is 9.20. The van der Waals surface area contributed by atoms with E-state index in [-0.39, 0.29) is 5.91 Å². The zero-order valence-electron chi connectivity index (χ0n) is 16.4. The third-order valence-corrected chi connectivity index (χ3v) is 4.70. The topological polar surface area (TPSA) is 75.2 Å². The summed E-state index contributed by atoms with van der Waals surface area (Å²) < 4.78 is 1.95. The Hall–Kier alpha value is -3.43. The zero-order valence-corrected chi connectivity index (χ0v) is 16.4. The van der Waals surface area contributed by atoms with E-state index in [0.29, 0.717) is 24.3 Å². The van der Waals surface area contributed by atoms with Gasteiger partial charge in [0.05, 0.1) is 40.9 Å². The van der Waals surface area contributed by atoms with Crippen molar-refractivity contribution < 1.29 is 9.69 Å². The fourth-order valence-corrected chi connectivity index (χ4v) is 3.27. The molecule has 0 saturated heterocycles. The van der Waals surface area contributed by atoms with E-state index < -0.39 is 0 Å². The van der Waals surface area contributed by atoms with Crippen molar-refractivity contribution in [3.05, 3.63) is 77.1 Å². The molecule has 0 aliphatic heterocycles. The van der Waals surface area contributed by atoms with Gasteiger partial charge in [-0.15, -0.1) is 0 Å². The van der Waals surface area contributed by atoms with Crippen molar-refractivity contribution in [1.29, 1.82) is 5.26 Å². The minimum atomic E-state index is -0.119. The van der Waals surface area contributed by atoms with Crippen LogP contribution in [0.5, 0.6) is 0 Å². The summed E-state index contributed by atoms with van der Waals surface area (Å²) in [5.74, 6) is -0.119. The average molecular weight is 374 g/mol. The minimum absolute atomic E-state index is 0.119. The maximum Gasteiger partial charge on any atom is 0.279 e. The molecule has 1 aromatic heterocycles. The highest BCUT2D eigenvalue weighted by molar-refractivity contribution is 5.92. The van der Waals surface area contributed by atoms with Crippen LogP contribution in [0.15, 0.2) is 54.6 Å². The second-order valence-electron chi connectivity index (χ2n) is 6.91. The van der Waals surface area contributed by atoms with Crippen molar-refractivity contribution in [1.82, 2.24) is 9.78 Å². The number of benzene rings is 2. The molecule has 28 heavy (non-hydrogen) atoms. The highest BCUT2D eigenvalue weighted by atomic mass is 16.2. The van der Waals surface area contributed by atoms with Crippen LogP contribution >= 0.6 is 0 Å². The number of likely N-dealkylation sites (N-methyl/N-ethyl adjacent to an activating group) is 1. The van der Waals surface area contributed by atoms with E-state index >= 15 is 0 Å². The van der Waals surface area contributed by atoms with E-state index in [1.165, 1.54) is 0 Å². The molecule has 3 rings (SSSR count). The Labute approximate surface area is 165 Å². The molecule has 1 amide bonds. The number of anilines is 1. The summed E-state index contributed by atoms with van der Waals surface area (Å²) in [5.41, 5.74) is 5.23. The number of carbonyl (C=O) groups is 1. The normalized spacial score (nSPS) is 11.6. The number of nitriles is 1. The van der Waals surface area contributed by atoms with Crippen LogP contribution in [0, 0.1) is 25.2 Å². The molecule has 6 nitrogen and oxygen atoms in total. The highest BCUT2D eigenvalue weighted by Crippen LogP contribution is 2.17. The first-order valence-corrected chi connectivity index (χ1v) is 9.20. The van der Waals surface area contributed by atoms with Crippen molar-refractivity contribution >= 4 is 11.6 Å². The van der Waals surface area contributed by atoms with Crippen LogP contribution in [0.2, 0.25) is 0 Å². The Morgan fingerprint density at radius 1 is 1.14 bits per heavy atom. The molecule has 0 spiro atoms. The van der Waals surface area contributed by atoms with Gasteiger partial charge in [-0.05, 0) is 38.1 Å². The molecule has 3 aromatic rings. The minimum Gasteiger partial charge on any atom is -0.326 e. The molecule has 1 heterocycles. The number of carbonyl (C=O) groups excluding carboxylic acids is 1. The Bertz CT molecular complexity index is 1020. The number of aryl methyl sites for hydroxylation is 1. The smallest absolute Gasteiger partial charge is 0.279 e. The van der Waals surface area contributed by atoms with Crippen LogP contribution in [0.1, 0.15) is 22.5 Å². The van der Waals surface area contributed by atoms with E-state index in [4.69, 9.17) is 5.26 Å². The van der Waals surface area contributed by atoms with Gasteiger partial charge in [-0.3, -0.25) is 4.79 Å². The second kappa shape index (κ2) is 8.51. The molecular formula is C22H24N5O+. The van der Waals surface area contributed by atoms with Crippen LogP contribution in [0.25, 0.3) is 5.69 Å². The van der Waals surface area contributed by atoms with E-state index in [2.05, 4.69) is 23.4 Å². The lowest BCUT2D eigenvalue weighted by atomic mass is 10.2. The van der Waals surface area contributed by atoms with Gasteiger partial charge in [0.25, 0.3) is 5.91 Å². The number of amides is 1. The van der Waals surface area contributed by atoms with Gasteiger partial charge < -0.3 is 10.2 Å². The highest BCUT2D eigenvalue weighted by Gasteiger charge is 2.18. The van der Waals surface area contributed by atoms with Gasteiger partial charge in [-0.25, -0.2) is 4.68 Å². The Kier molecular flexibility index (Phi) is 5.87. The largest absolute Gasteiger partial charge is 0.326 e. The third kappa shape index (κ3) is 4.27. The van der Waals surface area contributed by atoms with Crippen molar-refractivity contribution in [2.24, 2.45) is 0 Å². The fourth-order valence-electron chi connectivity index (χ4n) is 3.27. The molecule has 142 valence electrons. The van der Waals surface area contributed by atoms with E-state index in [1.54, 1.807) is 24.3 Å². The number of para-hydroxylation sites is 2. The van der Waals surface area contributed by atoms with Gasteiger partial charge in [0.15, 0.2) is 6.54 Å². The van der Waals surface area contributed by atoms with Gasteiger partial charge in [-0.2, -0.15) is 10.4 Å². The molecule has 0 radical (unpaired) electrons. The standard InChI is InChI=1S/C22H23N5O/c1-16-20(17(2)27(25-16)19-10-5-4-6-11-19)14-26(3)15-22(28)24-21-12-8-7-9-18(21)13-23/h4-12H,14-15H2,1-3H3,(H,24,28)/p+1. The van der Waals surface area contributed by atoms with Gasteiger partial charge in [0.1, 0.15) is 12.6 Å². The Balaban J connectivity index is 1.68. The number of quaternary nitrogens is 1. The molecular weight excluding hydrogens is 350 g/mol. The summed E-state index contributed by atoms with van der Waals surface area (Å²) in [7, 11) is 1.98. The van der Waals surface area contributed by atoms with Crippen molar-refractivity contribution in [3.63, 3.8) is 0 Å². The first kappa shape index (κ1) is 19.3. The lowest BCUT2D eigenvalue weighted by molar-refractivity contribution is -0.885. The maximum atomic E-state index is 12.4. The van der Waals surface area contributed by atoms with Crippen LogP contribution in [-0.2, 0) is 11.3 Å². The molecule has 0 aliphatic carbocycles. The number of nitrogens with one attached hydrogen (secondary N) is 2. The lowest BCUT2D eigenvalue weighted by Gasteiger charge is -2.15. The van der Waals surface area contributed by atoms with Crippen LogP contribution in [0.4, 0.5) is 5.69 Å². The Morgan fingerprint density at radius 3 is 2.54 bits per heavy atom. The predicted octanol–water partition coefficient (Wildman–Crippen LogP) is 2.01. The SMILES string of the molecule is Cc1nn(-c2ccccc2)c(C)c1C[NH+](C)CC(=O)Nc1ccccc1C#N. The molecule has 6 heteroatoms. The molecule has 0 fully saturated rings. The summed E-state index contributed by atoms with van der Waals surface area (Å²) in [4.78, 5) is 13.5. The van der Waals surface area contributed by atoms with Crippen molar-refractivity contribution in [2.45, 2.75) is 20.4 Å². The molecule has 2 N–H and O–H groups in total. The fraction of sp³-hybridized carbons (Fsp3) is 0.227. The van der Waals surface area contributed by atoms with Crippen molar-refractivity contribution in [3.8, 4) is 11.8 Å². The van der Waals surface area contributed by atoms with Gasteiger partial charge in [-0.1, -0.05) is 30.3 Å². The summed E-state index contributed by atoms with van der Waals surface area (Å²) in [6, 6.07) is 19.1. The third-order valence-electron chi connectivity index (χ3n) is 4.70. The molecule has 0 aliphatic rings. The maximum absolute atomic E-state index is 12.4. The van der Waals surface area contributed by atoms with Gasteiger partial charge in [0, 0.05) is 0 Å². The number of hydrogen-bond acceptors (Lipinski definition) is 3. The van der Waals surface area contributed by atoms with E-state index in [9.17, 15) is 4.79 Å². The Morgan fingerprint density at radius 2 is 1.82 bits per heavy atom. The van der Waals surface area contributed by atoms with Crippen LogP contribution < -0.4 is 10.2 Å². The molecule has 2 aromatic carbocycles. The van der Waals surface area contributed by atoms with E-state index in [1.807, 2.05) is 49.0 Å².